The van der Waals surface area contributed by atoms with Crippen LogP contribution in [0.4, 0.5) is 0 Å². The molecular weight excluding hydrogens is 632 g/mol. The lowest BCUT2D eigenvalue weighted by Crippen LogP contribution is -1.99. The molecule has 0 aliphatic heterocycles. The first-order chi connectivity index (χ1) is 15.0. The van der Waals surface area contributed by atoms with Crippen molar-refractivity contribution in [3.8, 4) is 11.8 Å². The normalized spacial score (nSPS) is 11.4. The first-order valence-corrected chi connectivity index (χ1v) is 12.0. The number of hydrogen-bond acceptors (Lipinski definition) is 2. The van der Waals surface area contributed by atoms with Gasteiger partial charge in [0.25, 0.3) is 0 Å². The van der Waals surface area contributed by atoms with Crippen molar-refractivity contribution >= 4 is 79.2 Å². The number of rotatable bonds is 5. The monoisotopic (exact) mass is 647 g/mol. The van der Waals surface area contributed by atoms with E-state index in [-0.39, 0.29) is 0 Å². The van der Waals surface area contributed by atoms with Crippen LogP contribution in [0.2, 0.25) is 5.02 Å². The Hall–Kier alpha value is -2.08. The van der Waals surface area contributed by atoms with Crippen LogP contribution in [0.25, 0.3) is 22.4 Å². The molecule has 0 spiro atoms. The first kappa shape index (κ1) is 22.1. The molecule has 4 rings (SSSR count). The van der Waals surface area contributed by atoms with E-state index < -0.39 is 0 Å². The lowest BCUT2D eigenvalue weighted by molar-refractivity contribution is 0.302. The minimum atomic E-state index is 0.471. The fourth-order valence-electron chi connectivity index (χ4n) is 3.24. The summed E-state index contributed by atoms with van der Waals surface area (Å²) in [5, 5.41) is 12.8. The Morgan fingerprint density at radius 2 is 1.58 bits per heavy atom. The van der Waals surface area contributed by atoms with Crippen LogP contribution in [-0.2, 0) is 6.61 Å². The van der Waals surface area contributed by atoms with E-state index in [4.69, 9.17) is 16.3 Å². The molecule has 5 heteroatoms. The van der Waals surface area contributed by atoms with Gasteiger partial charge in [0.15, 0.2) is 0 Å². The molecule has 0 saturated heterocycles. The summed E-state index contributed by atoms with van der Waals surface area (Å²) in [5.74, 6) is 0.845. The average molecular weight is 648 g/mol. The van der Waals surface area contributed by atoms with Crippen molar-refractivity contribution in [2.45, 2.75) is 6.61 Å². The highest BCUT2D eigenvalue weighted by atomic mass is 127. The van der Waals surface area contributed by atoms with Gasteiger partial charge in [0.2, 0.25) is 0 Å². The molecule has 4 aromatic carbocycles. The Kier molecular flexibility index (Phi) is 7.16. The SMILES string of the molecule is N#C/C(=C/c1cc(I)c(OCc2ccc(Cl)cc2)c(I)c1)c1ccc2ccccc2c1. The van der Waals surface area contributed by atoms with E-state index in [0.29, 0.717) is 17.2 Å². The molecule has 0 aliphatic carbocycles. The molecule has 0 bridgehead atoms. The number of ether oxygens (including phenoxy) is 1. The zero-order chi connectivity index (χ0) is 21.8. The Balaban J connectivity index is 1.60. The summed E-state index contributed by atoms with van der Waals surface area (Å²) < 4.78 is 8.07. The number of benzene rings is 4. The van der Waals surface area contributed by atoms with E-state index in [1.165, 1.54) is 0 Å². The highest BCUT2D eigenvalue weighted by molar-refractivity contribution is 14.1. The second kappa shape index (κ2) is 10.0. The van der Waals surface area contributed by atoms with Gasteiger partial charge in [-0.1, -0.05) is 60.1 Å². The van der Waals surface area contributed by atoms with Crippen LogP contribution < -0.4 is 4.74 Å². The molecule has 0 fully saturated rings. The summed E-state index contributed by atoms with van der Waals surface area (Å²) in [6.45, 7) is 0.471. The maximum Gasteiger partial charge on any atom is 0.146 e. The zero-order valence-corrected chi connectivity index (χ0v) is 21.4. The molecular formula is C26H16ClI2NO. The van der Waals surface area contributed by atoms with Gasteiger partial charge in [-0.15, -0.1) is 0 Å². The van der Waals surface area contributed by atoms with Crippen LogP contribution in [0.1, 0.15) is 16.7 Å². The lowest BCUT2D eigenvalue weighted by atomic mass is 10.0. The maximum absolute atomic E-state index is 9.78. The van der Waals surface area contributed by atoms with Gasteiger partial charge in [0.05, 0.1) is 18.8 Å². The maximum atomic E-state index is 9.78. The minimum Gasteiger partial charge on any atom is -0.487 e. The highest BCUT2D eigenvalue weighted by Gasteiger charge is 2.10. The summed E-state index contributed by atoms with van der Waals surface area (Å²) in [6.07, 6.45) is 1.93. The Morgan fingerprint density at radius 1 is 0.903 bits per heavy atom. The van der Waals surface area contributed by atoms with E-state index in [1.807, 2.05) is 60.7 Å². The van der Waals surface area contributed by atoms with Gasteiger partial charge in [0, 0.05) is 5.02 Å². The topological polar surface area (TPSA) is 33.0 Å². The molecule has 0 radical (unpaired) electrons. The zero-order valence-electron chi connectivity index (χ0n) is 16.3. The number of nitrogens with zero attached hydrogens (tertiary/aromatic N) is 1. The number of nitriles is 1. The Morgan fingerprint density at radius 3 is 2.26 bits per heavy atom. The van der Waals surface area contributed by atoms with Gasteiger partial charge in [-0.3, -0.25) is 0 Å². The molecule has 0 unspecified atom stereocenters. The van der Waals surface area contributed by atoms with E-state index in [1.54, 1.807) is 0 Å². The molecule has 0 aromatic heterocycles. The third-order valence-corrected chi connectivity index (χ3v) is 6.66. The summed E-state index contributed by atoms with van der Waals surface area (Å²) >= 11 is 10.5. The standard InChI is InChI=1S/C26H16ClI2NO/c27-23-9-5-17(6-10-23)16-31-26-24(28)12-18(13-25(26)29)11-22(15-30)21-8-7-19-3-1-2-4-20(19)14-21/h1-14H,16H2/b22-11-. The van der Waals surface area contributed by atoms with E-state index in [2.05, 4.69) is 75.5 Å². The summed E-state index contributed by atoms with van der Waals surface area (Å²) in [5.41, 5.74) is 3.57. The van der Waals surface area contributed by atoms with Crippen molar-refractivity contribution in [1.82, 2.24) is 0 Å². The van der Waals surface area contributed by atoms with Gasteiger partial charge in [0.1, 0.15) is 12.4 Å². The predicted molar refractivity (Wildman–Crippen MR) is 145 cm³/mol. The van der Waals surface area contributed by atoms with Crippen molar-refractivity contribution in [3.63, 3.8) is 0 Å². The molecule has 0 aliphatic rings. The van der Waals surface area contributed by atoms with Crippen LogP contribution in [0.3, 0.4) is 0 Å². The predicted octanol–water partition coefficient (Wildman–Crippen LogP) is 8.35. The Labute approximate surface area is 213 Å². The second-order valence-corrected chi connectivity index (χ2v) is 9.72. The van der Waals surface area contributed by atoms with Crippen LogP contribution in [0.15, 0.2) is 78.9 Å². The van der Waals surface area contributed by atoms with Crippen LogP contribution >= 0.6 is 56.8 Å². The molecule has 0 amide bonds. The minimum absolute atomic E-state index is 0.471. The largest absolute Gasteiger partial charge is 0.487 e. The van der Waals surface area contributed by atoms with Gasteiger partial charge < -0.3 is 4.74 Å². The molecule has 2 nitrogen and oxygen atoms in total. The van der Waals surface area contributed by atoms with Crippen LogP contribution in [0.5, 0.6) is 5.75 Å². The van der Waals surface area contributed by atoms with Crippen LogP contribution in [0, 0.1) is 18.5 Å². The highest BCUT2D eigenvalue weighted by Crippen LogP contribution is 2.31. The third kappa shape index (κ3) is 5.40. The summed E-state index contributed by atoms with van der Waals surface area (Å²) in [4.78, 5) is 0. The fourth-order valence-corrected chi connectivity index (χ4v) is 5.49. The molecule has 0 N–H and O–H groups in total. The van der Waals surface area contributed by atoms with E-state index in [0.717, 1.165) is 40.4 Å². The molecule has 0 saturated carbocycles. The van der Waals surface area contributed by atoms with Crippen molar-refractivity contribution < 1.29 is 4.74 Å². The quantitative estimate of drug-likeness (QED) is 0.124. The summed E-state index contributed by atoms with van der Waals surface area (Å²) in [7, 11) is 0. The van der Waals surface area contributed by atoms with Gasteiger partial charge in [-0.25, -0.2) is 0 Å². The average Bonchev–Trinajstić information content (AvgIpc) is 2.78. The first-order valence-electron chi connectivity index (χ1n) is 9.51. The molecule has 0 heterocycles. The van der Waals surface area contributed by atoms with E-state index in [9.17, 15) is 5.26 Å². The number of fused-ring (bicyclic) bond motifs is 1. The van der Waals surface area contributed by atoms with Crippen molar-refractivity contribution in [3.05, 3.63) is 108 Å². The fraction of sp³-hybridized carbons (Fsp3) is 0.0385. The number of halogens is 3. The van der Waals surface area contributed by atoms with Crippen molar-refractivity contribution in [2.75, 3.05) is 0 Å². The van der Waals surface area contributed by atoms with Gasteiger partial charge >= 0.3 is 0 Å². The van der Waals surface area contributed by atoms with Gasteiger partial charge in [-0.2, -0.15) is 5.26 Å². The lowest BCUT2D eigenvalue weighted by Gasteiger charge is -2.12. The Bertz CT molecular complexity index is 1300. The van der Waals surface area contributed by atoms with Crippen molar-refractivity contribution in [1.29, 1.82) is 5.26 Å². The molecule has 0 atom stereocenters. The molecule has 31 heavy (non-hydrogen) atoms. The second-order valence-electron chi connectivity index (χ2n) is 6.96. The van der Waals surface area contributed by atoms with Crippen LogP contribution in [-0.4, -0.2) is 0 Å². The molecule has 152 valence electrons. The van der Waals surface area contributed by atoms with Crippen molar-refractivity contribution in [2.24, 2.45) is 0 Å². The van der Waals surface area contributed by atoms with E-state index >= 15 is 0 Å². The third-order valence-electron chi connectivity index (χ3n) is 4.81. The summed E-state index contributed by atoms with van der Waals surface area (Å²) in [6, 6.07) is 28.3. The van der Waals surface area contributed by atoms with Gasteiger partial charge in [-0.05, 0) is 109 Å². The molecule has 4 aromatic rings. The smallest absolute Gasteiger partial charge is 0.146 e. The number of allylic oxidation sites excluding steroid dienone is 1. The number of hydrogen-bond donors (Lipinski definition) is 0.